The Hall–Kier alpha value is -3.30. The molecule has 2 N–H and O–H groups in total. The van der Waals surface area contributed by atoms with Crippen LogP contribution in [0.1, 0.15) is 16.1 Å². The summed E-state index contributed by atoms with van der Waals surface area (Å²) in [4.78, 5) is 30.2. The first-order valence-electron chi connectivity index (χ1n) is 8.22. The van der Waals surface area contributed by atoms with E-state index >= 15 is 0 Å². The maximum atomic E-state index is 12.6. The standard InChI is InChI=1S/C19H14N4O3S2/c1-11-4-2-5-12(8-11)23-16(25)9-14(24)17(22-23)18(26)21-19-20-13(10-28-19)15-6-3-7-27-15/h2-10,24H,1H3,(H,20,21,26). The summed E-state index contributed by atoms with van der Waals surface area (Å²) in [6.45, 7) is 1.89. The Balaban J connectivity index is 1.64. The first-order valence-corrected chi connectivity index (χ1v) is 9.98. The number of carbonyl (C=O) groups excluding carboxylic acids is 1. The van der Waals surface area contributed by atoms with Crippen molar-refractivity contribution in [2.75, 3.05) is 5.32 Å². The SMILES string of the molecule is Cc1cccc(-n2nc(C(=O)Nc3nc(-c4cccs4)cs3)c(O)cc2=O)c1. The molecule has 0 aliphatic rings. The molecular formula is C19H14N4O3S2. The highest BCUT2D eigenvalue weighted by atomic mass is 32.1. The van der Waals surface area contributed by atoms with Gasteiger partial charge in [-0.1, -0.05) is 18.2 Å². The maximum Gasteiger partial charge on any atom is 0.281 e. The van der Waals surface area contributed by atoms with Crippen molar-refractivity contribution in [3.8, 4) is 22.0 Å². The van der Waals surface area contributed by atoms with Crippen LogP contribution in [0.15, 0.2) is 58.0 Å². The van der Waals surface area contributed by atoms with Crippen LogP contribution in [-0.2, 0) is 0 Å². The van der Waals surface area contributed by atoms with Crippen LogP contribution >= 0.6 is 22.7 Å². The Kier molecular flexibility index (Phi) is 4.76. The third-order valence-corrected chi connectivity index (χ3v) is 5.52. The average molecular weight is 410 g/mol. The summed E-state index contributed by atoms with van der Waals surface area (Å²) in [5, 5.41) is 20.9. The summed E-state index contributed by atoms with van der Waals surface area (Å²) in [6.07, 6.45) is 0. The van der Waals surface area contributed by atoms with Gasteiger partial charge in [0.2, 0.25) is 0 Å². The third kappa shape index (κ3) is 3.57. The van der Waals surface area contributed by atoms with Gasteiger partial charge in [0.25, 0.3) is 11.5 Å². The number of aromatic hydroxyl groups is 1. The third-order valence-electron chi connectivity index (χ3n) is 3.87. The van der Waals surface area contributed by atoms with Gasteiger partial charge in [0, 0.05) is 11.4 Å². The lowest BCUT2D eigenvalue weighted by Crippen LogP contribution is -2.25. The molecule has 7 nitrogen and oxygen atoms in total. The zero-order valence-electron chi connectivity index (χ0n) is 14.6. The van der Waals surface area contributed by atoms with E-state index in [1.54, 1.807) is 29.5 Å². The van der Waals surface area contributed by atoms with Crippen LogP contribution in [0, 0.1) is 6.92 Å². The van der Waals surface area contributed by atoms with Gasteiger partial charge in [-0.15, -0.1) is 22.7 Å². The number of rotatable bonds is 4. The monoisotopic (exact) mass is 410 g/mol. The van der Waals surface area contributed by atoms with Crippen molar-refractivity contribution in [3.63, 3.8) is 0 Å². The summed E-state index contributed by atoms with van der Waals surface area (Å²) in [7, 11) is 0. The van der Waals surface area contributed by atoms with Crippen molar-refractivity contribution >= 4 is 33.7 Å². The molecule has 0 unspecified atom stereocenters. The molecule has 28 heavy (non-hydrogen) atoms. The summed E-state index contributed by atoms with van der Waals surface area (Å²) in [5.41, 5.74) is 1.42. The molecule has 0 fully saturated rings. The molecule has 3 aromatic heterocycles. The highest BCUT2D eigenvalue weighted by Gasteiger charge is 2.18. The summed E-state index contributed by atoms with van der Waals surface area (Å²) in [6, 6.07) is 12.0. The van der Waals surface area contributed by atoms with Crippen molar-refractivity contribution in [2.24, 2.45) is 0 Å². The highest BCUT2D eigenvalue weighted by molar-refractivity contribution is 7.16. The Morgan fingerprint density at radius 3 is 2.79 bits per heavy atom. The summed E-state index contributed by atoms with van der Waals surface area (Å²) >= 11 is 2.82. The fourth-order valence-electron chi connectivity index (χ4n) is 2.58. The number of hydrogen-bond acceptors (Lipinski definition) is 7. The number of nitrogens with one attached hydrogen (secondary N) is 1. The molecule has 0 radical (unpaired) electrons. The van der Waals surface area contributed by atoms with Crippen LogP contribution in [0.5, 0.6) is 5.75 Å². The molecule has 3 heterocycles. The average Bonchev–Trinajstić information content (AvgIpc) is 3.33. The van der Waals surface area contributed by atoms with Gasteiger partial charge in [0.15, 0.2) is 16.6 Å². The van der Waals surface area contributed by atoms with Crippen molar-refractivity contribution < 1.29 is 9.90 Å². The number of thiazole rings is 1. The molecule has 0 aliphatic heterocycles. The lowest BCUT2D eigenvalue weighted by molar-refractivity contribution is 0.101. The molecule has 0 aliphatic carbocycles. The Morgan fingerprint density at radius 2 is 2.04 bits per heavy atom. The number of hydrogen-bond donors (Lipinski definition) is 2. The molecule has 9 heteroatoms. The highest BCUT2D eigenvalue weighted by Crippen LogP contribution is 2.28. The lowest BCUT2D eigenvalue weighted by Gasteiger charge is -2.09. The van der Waals surface area contributed by atoms with Gasteiger partial charge >= 0.3 is 0 Å². The van der Waals surface area contributed by atoms with Crippen LogP contribution in [-0.4, -0.2) is 25.8 Å². The van der Waals surface area contributed by atoms with E-state index in [0.29, 0.717) is 10.8 Å². The van der Waals surface area contributed by atoms with Crippen molar-refractivity contribution in [1.82, 2.24) is 14.8 Å². The quantitative estimate of drug-likeness (QED) is 0.535. The minimum atomic E-state index is -0.647. The van der Waals surface area contributed by atoms with E-state index in [0.717, 1.165) is 26.9 Å². The predicted octanol–water partition coefficient (Wildman–Crippen LogP) is 3.68. The van der Waals surface area contributed by atoms with E-state index in [9.17, 15) is 14.7 Å². The van der Waals surface area contributed by atoms with E-state index in [1.165, 1.54) is 11.3 Å². The molecule has 0 saturated heterocycles. The molecule has 0 bridgehead atoms. The largest absolute Gasteiger partial charge is 0.505 e. The van der Waals surface area contributed by atoms with Crippen LogP contribution in [0.25, 0.3) is 16.3 Å². The molecular weight excluding hydrogens is 396 g/mol. The fraction of sp³-hybridized carbons (Fsp3) is 0.0526. The second-order valence-electron chi connectivity index (χ2n) is 5.94. The summed E-state index contributed by atoms with van der Waals surface area (Å²) in [5.74, 6) is -1.13. The lowest BCUT2D eigenvalue weighted by atomic mass is 10.2. The molecule has 0 spiro atoms. The van der Waals surface area contributed by atoms with Crippen LogP contribution in [0.4, 0.5) is 5.13 Å². The number of benzene rings is 1. The molecule has 1 aromatic carbocycles. The van der Waals surface area contributed by atoms with Crippen molar-refractivity contribution in [3.05, 3.63) is 74.8 Å². The smallest absolute Gasteiger partial charge is 0.281 e. The Bertz CT molecular complexity index is 1210. The first-order chi connectivity index (χ1) is 13.5. The molecule has 1 amide bonds. The molecule has 0 atom stereocenters. The maximum absolute atomic E-state index is 12.6. The van der Waals surface area contributed by atoms with Gasteiger partial charge in [0.1, 0.15) is 0 Å². The van der Waals surface area contributed by atoms with Gasteiger partial charge < -0.3 is 5.11 Å². The van der Waals surface area contributed by atoms with Crippen molar-refractivity contribution in [1.29, 1.82) is 0 Å². The van der Waals surface area contributed by atoms with Gasteiger partial charge in [-0.25, -0.2) is 4.98 Å². The molecule has 4 aromatic rings. The number of amides is 1. The number of anilines is 1. The van der Waals surface area contributed by atoms with Crippen LogP contribution in [0.2, 0.25) is 0 Å². The van der Waals surface area contributed by atoms with Crippen molar-refractivity contribution in [2.45, 2.75) is 6.92 Å². The minimum absolute atomic E-state index is 0.256. The van der Waals surface area contributed by atoms with Crippen LogP contribution in [0.3, 0.4) is 0 Å². The summed E-state index contributed by atoms with van der Waals surface area (Å²) < 4.78 is 1.08. The predicted molar refractivity (Wildman–Crippen MR) is 110 cm³/mol. The van der Waals surface area contributed by atoms with Gasteiger partial charge in [-0.2, -0.15) is 9.78 Å². The number of carbonyl (C=O) groups is 1. The van der Waals surface area contributed by atoms with E-state index in [2.05, 4.69) is 15.4 Å². The molecule has 4 rings (SSSR count). The second-order valence-corrected chi connectivity index (χ2v) is 7.74. The number of nitrogens with zero attached hydrogens (tertiary/aromatic N) is 3. The zero-order valence-corrected chi connectivity index (χ0v) is 16.3. The van der Waals surface area contributed by atoms with Gasteiger partial charge in [0.05, 0.1) is 16.3 Å². The topological polar surface area (TPSA) is 97.1 Å². The molecule has 140 valence electrons. The zero-order chi connectivity index (χ0) is 19.7. The fourth-order valence-corrected chi connectivity index (χ4v) is 4.04. The van der Waals surface area contributed by atoms with E-state index < -0.39 is 17.2 Å². The Labute approximate surface area is 167 Å². The second kappa shape index (κ2) is 7.37. The van der Waals surface area contributed by atoms with E-state index in [1.807, 2.05) is 35.9 Å². The number of aryl methyl sites for hydroxylation is 1. The van der Waals surface area contributed by atoms with Crippen LogP contribution < -0.4 is 10.9 Å². The van der Waals surface area contributed by atoms with Gasteiger partial charge in [-0.3, -0.25) is 14.9 Å². The van der Waals surface area contributed by atoms with E-state index in [-0.39, 0.29) is 5.69 Å². The number of aromatic nitrogens is 3. The van der Waals surface area contributed by atoms with E-state index in [4.69, 9.17) is 0 Å². The minimum Gasteiger partial charge on any atom is -0.505 e. The molecule has 0 saturated carbocycles. The first kappa shape index (κ1) is 18.1. The Morgan fingerprint density at radius 1 is 1.18 bits per heavy atom. The number of thiophene rings is 1. The normalized spacial score (nSPS) is 10.8. The van der Waals surface area contributed by atoms with Gasteiger partial charge in [-0.05, 0) is 36.1 Å².